The Balaban J connectivity index is 1.56. The van der Waals surface area contributed by atoms with E-state index in [0.717, 1.165) is 19.4 Å². The van der Waals surface area contributed by atoms with E-state index >= 15 is 0 Å². The largest absolute Gasteiger partial charge is 0.486 e. The second-order valence-corrected chi connectivity index (χ2v) is 6.18. The molecule has 3 heterocycles. The number of rotatable bonds is 6. The molecule has 2 aliphatic rings. The smallest absolute Gasteiger partial charge is 0.353 e. The molecule has 2 aromatic rings. The highest BCUT2D eigenvalue weighted by molar-refractivity contribution is 5.74. The van der Waals surface area contributed by atoms with Crippen molar-refractivity contribution in [3.05, 3.63) is 34.6 Å². The lowest BCUT2D eigenvalue weighted by Crippen LogP contribution is -2.20. The van der Waals surface area contributed by atoms with Crippen molar-refractivity contribution in [2.24, 2.45) is 0 Å². The zero-order valence-electron chi connectivity index (χ0n) is 14.5. The molecule has 10 heteroatoms. The van der Waals surface area contributed by atoms with E-state index in [-0.39, 0.29) is 23.4 Å². The number of hydrogen-bond acceptors (Lipinski definition) is 9. The second kappa shape index (κ2) is 7.62. The summed E-state index contributed by atoms with van der Waals surface area (Å²) < 4.78 is 16.6. The van der Waals surface area contributed by atoms with Crippen LogP contribution in [0.15, 0.2) is 24.5 Å². The molecule has 4 rings (SSSR count). The fraction of sp³-hybridized carbons (Fsp3) is 0.412. The molecular formula is C17H19N5O5. The van der Waals surface area contributed by atoms with E-state index in [4.69, 9.17) is 14.2 Å². The molecule has 2 aliphatic heterocycles. The van der Waals surface area contributed by atoms with Crippen LogP contribution in [0, 0.1) is 10.1 Å². The third kappa shape index (κ3) is 3.85. The van der Waals surface area contributed by atoms with Crippen LogP contribution in [-0.4, -0.2) is 47.4 Å². The summed E-state index contributed by atoms with van der Waals surface area (Å²) in [4.78, 5) is 19.2. The van der Waals surface area contributed by atoms with Gasteiger partial charge in [-0.1, -0.05) is 0 Å². The number of nitrogens with one attached hydrogen (secondary N) is 2. The van der Waals surface area contributed by atoms with E-state index in [1.165, 1.54) is 6.33 Å². The van der Waals surface area contributed by atoms with E-state index in [1.807, 2.05) is 0 Å². The van der Waals surface area contributed by atoms with Gasteiger partial charge < -0.3 is 24.8 Å². The van der Waals surface area contributed by atoms with Crippen LogP contribution >= 0.6 is 0 Å². The Morgan fingerprint density at radius 3 is 2.74 bits per heavy atom. The van der Waals surface area contributed by atoms with Crippen molar-refractivity contribution < 1.29 is 19.1 Å². The lowest BCUT2D eigenvalue weighted by molar-refractivity contribution is -0.383. The van der Waals surface area contributed by atoms with Crippen molar-refractivity contribution in [3.63, 3.8) is 0 Å². The van der Waals surface area contributed by atoms with Crippen molar-refractivity contribution in [1.29, 1.82) is 0 Å². The molecule has 1 aromatic carbocycles. The minimum Gasteiger partial charge on any atom is -0.486 e. The van der Waals surface area contributed by atoms with Gasteiger partial charge in [-0.15, -0.1) is 0 Å². The number of benzene rings is 1. The molecule has 10 nitrogen and oxygen atoms in total. The summed E-state index contributed by atoms with van der Waals surface area (Å²) >= 11 is 0. The molecule has 0 radical (unpaired) electrons. The Bertz CT molecular complexity index is 840. The van der Waals surface area contributed by atoms with Crippen molar-refractivity contribution >= 4 is 23.0 Å². The fourth-order valence-corrected chi connectivity index (χ4v) is 3.05. The van der Waals surface area contributed by atoms with Crippen molar-refractivity contribution in [3.8, 4) is 11.5 Å². The topological polar surface area (TPSA) is 121 Å². The van der Waals surface area contributed by atoms with Gasteiger partial charge in [-0.2, -0.15) is 0 Å². The summed E-state index contributed by atoms with van der Waals surface area (Å²) in [5.41, 5.74) is 0.386. The fourth-order valence-electron chi connectivity index (χ4n) is 3.05. The molecule has 27 heavy (non-hydrogen) atoms. The van der Waals surface area contributed by atoms with Crippen LogP contribution in [0.1, 0.15) is 12.8 Å². The van der Waals surface area contributed by atoms with Crippen LogP contribution in [0.5, 0.6) is 11.5 Å². The molecule has 1 saturated heterocycles. The standard InChI is InChI=1S/C17H19N5O5/c23-22(24)15-16(18-9-12-2-1-5-25-12)19-10-20-17(15)21-11-3-4-13-14(8-11)27-7-6-26-13/h3-4,8,10,12H,1-2,5-7,9H2,(H2,18,19,20,21). The van der Waals surface area contributed by atoms with Crippen LogP contribution in [0.4, 0.5) is 23.0 Å². The van der Waals surface area contributed by atoms with Gasteiger partial charge in [0, 0.05) is 24.9 Å². The zero-order valence-corrected chi connectivity index (χ0v) is 14.5. The first-order chi connectivity index (χ1) is 13.2. The van der Waals surface area contributed by atoms with Crippen LogP contribution in [-0.2, 0) is 4.74 Å². The summed E-state index contributed by atoms with van der Waals surface area (Å²) in [5, 5.41) is 17.6. The van der Waals surface area contributed by atoms with E-state index in [1.54, 1.807) is 18.2 Å². The van der Waals surface area contributed by atoms with Crippen LogP contribution in [0.3, 0.4) is 0 Å². The minimum absolute atomic E-state index is 0.0359. The van der Waals surface area contributed by atoms with Gasteiger partial charge in [0.25, 0.3) is 0 Å². The number of ether oxygens (including phenoxy) is 3. The van der Waals surface area contributed by atoms with Gasteiger partial charge in [-0.25, -0.2) is 9.97 Å². The molecule has 1 fully saturated rings. The lowest BCUT2D eigenvalue weighted by atomic mass is 10.2. The van der Waals surface area contributed by atoms with Gasteiger partial charge in [0.1, 0.15) is 19.5 Å². The van der Waals surface area contributed by atoms with Gasteiger partial charge in [-0.3, -0.25) is 10.1 Å². The molecule has 0 amide bonds. The van der Waals surface area contributed by atoms with Crippen LogP contribution < -0.4 is 20.1 Å². The lowest BCUT2D eigenvalue weighted by Gasteiger charge is -2.19. The average Bonchev–Trinajstić information content (AvgIpc) is 3.20. The highest BCUT2D eigenvalue weighted by Crippen LogP contribution is 2.36. The Morgan fingerprint density at radius 1 is 1.15 bits per heavy atom. The maximum atomic E-state index is 11.6. The maximum Gasteiger partial charge on any atom is 0.353 e. The van der Waals surface area contributed by atoms with Gasteiger partial charge >= 0.3 is 5.69 Å². The van der Waals surface area contributed by atoms with Gasteiger partial charge in [0.15, 0.2) is 11.5 Å². The molecule has 0 spiro atoms. The molecule has 1 atom stereocenters. The predicted molar refractivity (Wildman–Crippen MR) is 96.9 cm³/mol. The molecule has 2 N–H and O–H groups in total. The molecule has 1 unspecified atom stereocenters. The first-order valence-corrected chi connectivity index (χ1v) is 8.72. The highest BCUT2D eigenvalue weighted by atomic mass is 16.6. The monoisotopic (exact) mass is 373 g/mol. The molecule has 1 aromatic heterocycles. The number of nitro groups is 1. The zero-order chi connectivity index (χ0) is 18.6. The Morgan fingerprint density at radius 2 is 1.96 bits per heavy atom. The van der Waals surface area contributed by atoms with Crippen LogP contribution in [0.2, 0.25) is 0 Å². The summed E-state index contributed by atoms with van der Waals surface area (Å²) in [5.74, 6) is 1.48. The Hall–Kier alpha value is -3.14. The third-order valence-electron chi connectivity index (χ3n) is 4.33. The first-order valence-electron chi connectivity index (χ1n) is 8.72. The normalized spacial score (nSPS) is 18.1. The maximum absolute atomic E-state index is 11.6. The minimum atomic E-state index is -0.502. The van der Waals surface area contributed by atoms with E-state index in [2.05, 4.69) is 20.6 Å². The van der Waals surface area contributed by atoms with Gasteiger partial charge in [0.2, 0.25) is 11.6 Å². The molecule has 0 bridgehead atoms. The summed E-state index contributed by atoms with van der Waals surface area (Å²) in [6.07, 6.45) is 3.24. The summed E-state index contributed by atoms with van der Waals surface area (Å²) in [6, 6.07) is 5.22. The van der Waals surface area contributed by atoms with E-state index < -0.39 is 4.92 Å². The van der Waals surface area contributed by atoms with Gasteiger partial charge in [-0.05, 0) is 25.0 Å². The van der Waals surface area contributed by atoms with Crippen molar-refractivity contribution in [2.45, 2.75) is 18.9 Å². The summed E-state index contributed by atoms with van der Waals surface area (Å²) in [6.45, 7) is 2.13. The number of anilines is 3. The Kier molecular flexibility index (Phi) is 4.88. The van der Waals surface area contributed by atoms with Crippen LogP contribution in [0.25, 0.3) is 0 Å². The van der Waals surface area contributed by atoms with Gasteiger partial charge in [0.05, 0.1) is 11.0 Å². The van der Waals surface area contributed by atoms with E-state index in [9.17, 15) is 10.1 Å². The second-order valence-electron chi connectivity index (χ2n) is 6.18. The molecule has 142 valence electrons. The number of aromatic nitrogens is 2. The SMILES string of the molecule is O=[N+]([O-])c1c(NCC2CCCO2)ncnc1Nc1ccc2c(c1)OCCO2. The summed E-state index contributed by atoms with van der Waals surface area (Å²) in [7, 11) is 0. The van der Waals surface area contributed by atoms with E-state index in [0.29, 0.717) is 36.9 Å². The number of nitrogens with zero attached hydrogens (tertiary/aromatic N) is 3. The number of fused-ring (bicyclic) bond motifs is 1. The van der Waals surface area contributed by atoms with Crippen molar-refractivity contribution in [2.75, 3.05) is 37.0 Å². The highest BCUT2D eigenvalue weighted by Gasteiger charge is 2.25. The third-order valence-corrected chi connectivity index (χ3v) is 4.33. The Labute approximate surface area is 155 Å². The quantitative estimate of drug-likeness (QED) is 0.581. The average molecular weight is 373 g/mol. The molecule has 0 aliphatic carbocycles. The number of hydrogen-bond donors (Lipinski definition) is 2. The first kappa shape index (κ1) is 17.3. The predicted octanol–water partition coefficient (Wildman–Crippen LogP) is 2.49. The molecular weight excluding hydrogens is 354 g/mol. The molecule has 0 saturated carbocycles. The van der Waals surface area contributed by atoms with Crippen molar-refractivity contribution in [1.82, 2.24) is 9.97 Å².